The van der Waals surface area contributed by atoms with Gasteiger partial charge in [-0.3, -0.25) is 4.40 Å². The lowest BCUT2D eigenvalue weighted by atomic mass is 10.2. The first-order valence-corrected chi connectivity index (χ1v) is 10.6. The zero-order valence-electron chi connectivity index (χ0n) is 16.6. The van der Waals surface area contributed by atoms with Crippen LogP contribution in [0.2, 0.25) is 0 Å². The van der Waals surface area contributed by atoms with E-state index < -0.39 is 10.0 Å². The Kier molecular flexibility index (Phi) is 4.62. The van der Waals surface area contributed by atoms with Gasteiger partial charge in [-0.1, -0.05) is 26.0 Å². The number of aromatic nitrogens is 4. The summed E-state index contributed by atoms with van der Waals surface area (Å²) in [6, 6.07) is 13.8. The molecule has 0 radical (unpaired) electrons. The second kappa shape index (κ2) is 7.00. The van der Waals surface area contributed by atoms with E-state index in [4.69, 9.17) is 4.74 Å². The molecule has 29 heavy (non-hydrogen) atoms. The van der Waals surface area contributed by atoms with Gasteiger partial charge in [0.15, 0.2) is 5.82 Å². The topological polar surface area (TPSA) is 89.7 Å². The van der Waals surface area contributed by atoms with Gasteiger partial charge in [-0.15, -0.1) is 10.2 Å². The first kappa shape index (κ1) is 19.1. The fourth-order valence-corrected chi connectivity index (χ4v) is 4.34. The summed E-state index contributed by atoms with van der Waals surface area (Å²) >= 11 is 0. The third kappa shape index (κ3) is 3.07. The van der Waals surface area contributed by atoms with Crippen molar-refractivity contribution in [2.45, 2.75) is 24.7 Å². The zero-order chi connectivity index (χ0) is 20.8. The molecule has 0 unspecified atom stereocenters. The van der Waals surface area contributed by atoms with E-state index in [0.717, 1.165) is 15.6 Å². The standard InChI is InChI=1S/C20H21N5O3S/c1-13(2)18-22-23-20-19(21-16-7-5-6-8-17(16)25(18)20)24(3)29(26,27)15-11-9-14(28-4)10-12-15/h5-13H,1-4H3. The summed E-state index contributed by atoms with van der Waals surface area (Å²) in [5.74, 6) is 1.65. The SMILES string of the molecule is COc1ccc(S(=O)(=O)N(C)c2nc3ccccc3n3c(C(C)C)nnc23)cc1. The number of fused-ring (bicyclic) bond motifs is 3. The molecule has 4 aromatic rings. The van der Waals surface area contributed by atoms with Gasteiger partial charge in [0.25, 0.3) is 10.0 Å². The lowest BCUT2D eigenvalue weighted by molar-refractivity contribution is 0.414. The van der Waals surface area contributed by atoms with Gasteiger partial charge < -0.3 is 4.74 Å². The lowest BCUT2D eigenvalue weighted by Gasteiger charge is -2.20. The molecule has 2 aromatic carbocycles. The van der Waals surface area contributed by atoms with Crippen LogP contribution in [-0.2, 0) is 10.0 Å². The van der Waals surface area contributed by atoms with Crippen LogP contribution in [0.1, 0.15) is 25.6 Å². The van der Waals surface area contributed by atoms with E-state index in [9.17, 15) is 8.42 Å². The molecular formula is C20H21N5O3S. The van der Waals surface area contributed by atoms with Gasteiger partial charge in [0, 0.05) is 13.0 Å². The van der Waals surface area contributed by atoms with Gasteiger partial charge in [-0.05, 0) is 36.4 Å². The molecule has 2 heterocycles. The molecule has 150 valence electrons. The summed E-state index contributed by atoms with van der Waals surface area (Å²) in [5.41, 5.74) is 1.88. The monoisotopic (exact) mass is 411 g/mol. The molecule has 0 saturated heterocycles. The van der Waals surface area contributed by atoms with Crippen LogP contribution in [0, 0.1) is 0 Å². The summed E-state index contributed by atoms with van der Waals surface area (Å²) in [6.07, 6.45) is 0. The molecule has 0 spiro atoms. The van der Waals surface area contributed by atoms with Crippen molar-refractivity contribution in [2.24, 2.45) is 0 Å². The summed E-state index contributed by atoms with van der Waals surface area (Å²) in [5, 5.41) is 8.57. The highest BCUT2D eigenvalue weighted by atomic mass is 32.2. The number of para-hydroxylation sites is 2. The predicted octanol–water partition coefficient (Wildman–Crippen LogP) is 3.23. The van der Waals surface area contributed by atoms with Crippen LogP contribution < -0.4 is 9.04 Å². The predicted molar refractivity (Wildman–Crippen MR) is 111 cm³/mol. The van der Waals surface area contributed by atoms with Gasteiger partial charge in [0.1, 0.15) is 11.6 Å². The van der Waals surface area contributed by atoms with E-state index in [-0.39, 0.29) is 16.6 Å². The highest BCUT2D eigenvalue weighted by Gasteiger charge is 2.27. The van der Waals surface area contributed by atoms with E-state index in [1.165, 1.54) is 26.3 Å². The van der Waals surface area contributed by atoms with Crippen molar-refractivity contribution >= 4 is 32.5 Å². The molecule has 0 aliphatic heterocycles. The van der Waals surface area contributed by atoms with Gasteiger partial charge in [0.2, 0.25) is 5.65 Å². The summed E-state index contributed by atoms with van der Waals surface area (Å²) in [6.45, 7) is 4.03. The Bertz CT molecular complexity index is 1300. The van der Waals surface area contributed by atoms with E-state index in [2.05, 4.69) is 15.2 Å². The Morgan fingerprint density at radius 1 is 1.03 bits per heavy atom. The number of nitrogens with zero attached hydrogens (tertiary/aromatic N) is 5. The molecule has 0 N–H and O–H groups in total. The number of ether oxygens (including phenoxy) is 1. The molecule has 0 amide bonds. The zero-order valence-corrected chi connectivity index (χ0v) is 17.4. The minimum Gasteiger partial charge on any atom is -0.497 e. The summed E-state index contributed by atoms with van der Waals surface area (Å²) in [7, 11) is -0.851. The first-order chi connectivity index (χ1) is 13.8. The van der Waals surface area contributed by atoms with Crippen LogP contribution >= 0.6 is 0 Å². The maximum atomic E-state index is 13.2. The summed E-state index contributed by atoms with van der Waals surface area (Å²) in [4.78, 5) is 4.74. The highest BCUT2D eigenvalue weighted by molar-refractivity contribution is 7.92. The van der Waals surface area contributed by atoms with Crippen LogP contribution in [0.3, 0.4) is 0 Å². The number of benzene rings is 2. The maximum absolute atomic E-state index is 13.2. The van der Waals surface area contributed by atoms with Crippen molar-refractivity contribution in [2.75, 3.05) is 18.5 Å². The van der Waals surface area contributed by atoms with Crippen LogP contribution in [0.25, 0.3) is 16.7 Å². The average Bonchev–Trinajstić information content (AvgIpc) is 3.18. The molecule has 0 bridgehead atoms. The van der Waals surface area contributed by atoms with Crippen LogP contribution in [0.4, 0.5) is 5.82 Å². The molecule has 0 saturated carbocycles. The number of hydrogen-bond donors (Lipinski definition) is 0. The first-order valence-electron chi connectivity index (χ1n) is 9.11. The minimum absolute atomic E-state index is 0.104. The van der Waals surface area contributed by atoms with E-state index >= 15 is 0 Å². The smallest absolute Gasteiger partial charge is 0.265 e. The third-order valence-corrected chi connectivity index (χ3v) is 6.53. The Morgan fingerprint density at radius 2 is 1.72 bits per heavy atom. The fraction of sp³-hybridized carbons (Fsp3) is 0.250. The second-order valence-electron chi connectivity index (χ2n) is 6.94. The quantitative estimate of drug-likeness (QED) is 0.501. The van der Waals surface area contributed by atoms with Gasteiger partial charge in [-0.25, -0.2) is 17.7 Å². The van der Waals surface area contributed by atoms with Crippen molar-refractivity contribution in [3.63, 3.8) is 0 Å². The maximum Gasteiger partial charge on any atom is 0.265 e. The number of hydrogen-bond acceptors (Lipinski definition) is 6. The molecule has 9 heteroatoms. The molecule has 0 aliphatic rings. The van der Waals surface area contributed by atoms with Crippen molar-refractivity contribution < 1.29 is 13.2 Å². The summed E-state index contributed by atoms with van der Waals surface area (Å²) < 4.78 is 34.6. The molecule has 0 fully saturated rings. The Morgan fingerprint density at radius 3 is 2.38 bits per heavy atom. The number of anilines is 1. The van der Waals surface area contributed by atoms with E-state index in [1.54, 1.807) is 12.1 Å². The molecule has 8 nitrogen and oxygen atoms in total. The number of methoxy groups -OCH3 is 1. The van der Waals surface area contributed by atoms with Crippen LogP contribution in [0.15, 0.2) is 53.4 Å². The van der Waals surface area contributed by atoms with Gasteiger partial charge in [0.05, 0.1) is 23.0 Å². The largest absolute Gasteiger partial charge is 0.497 e. The van der Waals surface area contributed by atoms with Gasteiger partial charge >= 0.3 is 0 Å². The van der Waals surface area contributed by atoms with Crippen molar-refractivity contribution in [3.8, 4) is 5.75 Å². The Hall–Kier alpha value is -3.20. The van der Waals surface area contributed by atoms with Crippen molar-refractivity contribution in [1.82, 2.24) is 19.6 Å². The highest BCUT2D eigenvalue weighted by Crippen LogP contribution is 2.29. The minimum atomic E-state index is -3.85. The average molecular weight is 411 g/mol. The Balaban J connectivity index is 1.94. The normalized spacial score (nSPS) is 12.0. The van der Waals surface area contributed by atoms with Crippen LogP contribution in [-0.4, -0.2) is 42.2 Å². The fourth-order valence-electron chi connectivity index (χ4n) is 3.20. The van der Waals surface area contributed by atoms with E-state index in [0.29, 0.717) is 16.9 Å². The molecule has 2 aromatic heterocycles. The molecule has 0 aliphatic carbocycles. The molecular weight excluding hydrogens is 390 g/mol. The number of rotatable bonds is 5. The van der Waals surface area contributed by atoms with Crippen molar-refractivity contribution in [3.05, 3.63) is 54.4 Å². The molecule has 0 atom stereocenters. The molecule has 4 rings (SSSR count). The lowest BCUT2D eigenvalue weighted by Crippen LogP contribution is -2.28. The number of sulfonamides is 1. The Labute approximate surface area is 168 Å². The van der Waals surface area contributed by atoms with E-state index in [1.807, 2.05) is 42.5 Å². The second-order valence-corrected chi connectivity index (χ2v) is 8.91. The van der Waals surface area contributed by atoms with Crippen molar-refractivity contribution in [1.29, 1.82) is 0 Å². The third-order valence-electron chi connectivity index (χ3n) is 4.77. The van der Waals surface area contributed by atoms with Gasteiger partial charge in [-0.2, -0.15) is 0 Å². The van der Waals surface area contributed by atoms with Crippen LogP contribution in [0.5, 0.6) is 5.75 Å².